The van der Waals surface area contributed by atoms with Gasteiger partial charge in [0.2, 0.25) is 5.91 Å². The molecule has 0 saturated heterocycles. The second kappa shape index (κ2) is 19.3. The minimum atomic E-state index is -0.853. The SMILES string of the molecule is CC[C@H](C)[C@H](NC(=O)OC(C)(C)C)C(=O)N[C@H](C[C@@H](OC(C)=O)c1nc(C(=O)N[C@@H](Cc2ccccc2)C[C@H](C)C(=O)OC)cs1)C(C)C. The molecule has 2 aromatic rings. The van der Waals surface area contributed by atoms with Gasteiger partial charge in [-0.05, 0) is 51.0 Å². The fourth-order valence-corrected chi connectivity index (χ4v) is 5.99. The standard InChI is InChI=1S/C36H54N4O8S/c1-11-22(4)30(40-35(45)48-36(7,8)9)32(43)38-27(21(2)3)19-29(47-24(6)41)33-39-28(20-49-33)31(42)37-26(17-23(5)34(44)46-10)18-25-15-13-12-14-16-25/h12-16,20-23,26-27,29-30H,11,17-19H2,1-10H3,(H,37,42)(H,38,43)(H,40,45)/t22-,23-,26+,27+,29+,30-/m0/s1. The molecule has 0 saturated carbocycles. The number of ether oxygens (including phenoxy) is 3. The largest absolute Gasteiger partial charge is 0.469 e. The third-order valence-electron chi connectivity index (χ3n) is 8.01. The van der Waals surface area contributed by atoms with E-state index >= 15 is 0 Å². The normalized spacial score (nSPS) is 15.2. The van der Waals surface area contributed by atoms with Crippen LogP contribution in [0.1, 0.15) is 109 Å². The van der Waals surface area contributed by atoms with Crippen molar-refractivity contribution in [3.05, 3.63) is 52.0 Å². The Balaban J connectivity index is 2.26. The van der Waals surface area contributed by atoms with Crippen molar-refractivity contribution in [3.63, 3.8) is 0 Å². The number of nitrogens with zero attached hydrogens (tertiary/aromatic N) is 1. The van der Waals surface area contributed by atoms with Gasteiger partial charge in [0.1, 0.15) is 22.3 Å². The van der Waals surface area contributed by atoms with Crippen molar-refractivity contribution in [2.75, 3.05) is 7.11 Å². The van der Waals surface area contributed by atoms with Crippen LogP contribution in [0.5, 0.6) is 0 Å². The van der Waals surface area contributed by atoms with Crippen LogP contribution in [-0.2, 0) is 35.0 Å². The third-order valence-corrected chi connectivity index (χ3v) is 8.94. The highest BCUT2D eigenvalue weighted by Crippen LogP contribution is 2.29. The smallest absolute Gasteiger partial charge is 0.408 e. The molecule has 2 rings (SSSR count). The molecule has 49 heavy (non-hydrogen) atoms. The number of aromatic nitrogens is 1. The lowest BCUT2D eigenvalue weighted by molar-refractivity contribution is -0.147. The lowest BCUT2D eigenvalue weighted by atomic mass is 9.94. The summed E-state index contributed by atoms with van der Waals surface area (Å²) in [7, 11) is 1.33. The summed E-state index contributed by atoms with van der Waals surface area (Å²) < 4.78 is 16.0. The average Bonchev–Trinajstić information content (AvgIpc) is 3.52. The molecule has 3 amide bonds. The highest BCUT2D eigenvalue weighted by molar-refractivity contribution is 7.09. The van der Waals surface area contributed by atoms with E-state index in [0.29, 0.717) is 24.3 Å². The minimum Gasteiger partial charge on any atom is -0.469 e. The molecule has 272 valence electrons. The quantitative estimate of drug-likeness (QED) is 0.138. The lowest BCUT2D eigenvalue weighted by Gasteiger charge is -2.30. The van der Waals surface area contributed by atoms with Crippen LogP contribution in [0.15, 0.2) is 35.7 Å². The predicted molar refractivity (Wildman–Crippen MR) is 188 cm³/mol. The van der Waals surface area contributed by atoms with Crippen LogP contribution in [-0.4, -0.2) is 65.7 Å². The molecule has 12 nitrogen and oxygen atoms in total. The summed E-state index contributed by atoms with van der Waals surface area (Å²) in [6.07, 6.45) is 0.134. The highest BCUT2D eigenvalue weighted by atomic mass is 32.1. The fraction of sp³-hybridized carbons (Fsp3) is 0.611. The number of esters is 2. The molecular formula is C36H54N4O8S. The Hall–Kier alpha value is -4.00. The van der Waals surface area contributed by atoms with Crippen molar-refractivity contribution in [1.82, 2.24) is 20.9 Å². The Morgan fingerprint density at radius 1 is 0.939 bits per heavy atom. The zero-order valence-corrected chi connectivity index (χ0v) is 31.3. The van der Waals surface area contributed by atoms with E-state index in [2.05, 4.69) is 20.9 Å². The Bertz CT molecular complexity index is 1390. The predicted octanol–water partition coefficient (Wildman–Crippen LogP) is 5.76. The molecule has 1 aromatic carbocycles. The molecule has 0 aliphatic carbocycles. The maximum atomic E-state index is 13.6. The molecule has 0 fully saturated rings. The minimum absolute atomic E-state index is 0.0839. The van der Waals surface area contributed by atoms with Gasteiger partial charge in [-0.15, -0.1) is 11.3 Å². The molecule has 1 heterocycles. The Morgan fingerprint density at radius 3 is 2.14 bits per heavy atom. The number of amides is 3. The van der Waals surface area contributed by atoms with Gasteiger partial charge < -0.3 is 30.2 Å². The molecule has 6 atom stereocenters. The van der Waals surface area contributed by atoms with Crippen LogP contribution in [0.25, 0.3) is 0 Å². The molecule has 0 aliphatic rings. The first-order chi connectivity index (χ1) is 22.9. The van der Waals surface area contributed by atoms with Gasteiger partial charge in [0.25, 0.3) is 5.91 Å². The van der Waals surface area contributed by atoms with E-state index in [-0.39, 0.29) is 41.9 Å². The van der Waals surface area contributed by atoms with Crippen molar-refractivity contribution < 1.29 is 38.2 Å². The monoisotopic (exact) mass is 702 g/mol. The summed E-state index contributed by atoms with van der Waals surface area (Å²) in [5.74, 6) is -2.43. The molecule has 0 aliphatic heterocycles. The van der Waals surface area contributed by atoms with Crippen molar-refractivity contribution in [2.45, 2.75) is 118 Å². The first-order valence-corrected chi connectivity index (χ1v) is 17.7. The first kappa shape index (κ1) is 41.2. The van der Waals surface area contributed by atoms with Gasteiger partial charge in [-0.3, -0.25) is 19.2 Å². The lowest BCUT2D eigenvalue weighted by Crippen LogP contribution is -2.54. The van der Waals surface area contributed by atoms with Crippen molar-refractivity contribution in [3.8, 4) is 0 Å². The molecular weight excluding hydrogens is 648 g/mol. The third kappa shape index (κ3) is 14.2. The van der Waals surface area contributed by atoms with Gasteiger partial charge in [-0.1, -0.05) is 71.4 Å². The summed E-state index contributed by atoms with van der Waals surface area (Å²) in [6.45, 7) is 15.9. The molecule has 0 bridgehead atoms. The summed E-state index contributed by atoms with van der Waals surface area (Å²) in [5, 5.41) is 10.8. The van der Waals surface area contributed by atoms with Gasteiger partial charge in [0, 0.05) is 30.8 Å². The van der Waals surface area contributed by atoms with Gasteiger partial charge in [0.15, 0.2) is 6.10 Å². The summed E-state index contributed by atoms with van der Waals surface area (Å²) in [6, 6.07) is 7.93. The van der Waals surface area contributed by atoms with Crippen molar-refractivity contribution in [2.24, 2.45) is 17.8 Å². The van der Waals surface area contributed by atoms with E-state index in [4.69, 9.17) is 14.2 Å². The number of nitrogens with one attached hydrogen (secondary N) is 3. The molecule has 0 radical (unpaired) electrons. The van der Waals surface area contributed by atoms with E-state index in [1.807, 2.05) is 58.0 Å². The maximum absolute atomic E-state index is 13.6. The second-order valence-electron chi connectivity index (χ2n) is 13.8. The molecule has 1 aromatic heterocycles. The zero-order chi connectivity index (χ0) is 36.9. The number of carbonyl (C=O) groups excluding carboxylic acids is 5. The van der Waals surface area contributed by atoms with Crippen molar-refractivity contribution >= 4 is 41.2 Å². The number of hydrogen-bond acceptors (Lipinski definition) is 10. The molecule has 3 N–H and O–H groups in total. The van der Waals surface area contributed by atoms with Crippen LogP contribution in [0.3, 0.4) is 0 Å². The fourth-order valence-electron chi connectivity index (χ4n) is 5.15. The van der Waals surface area contributed by atoms with E-state index < -0.39 is 47.7 Å². The summed E-state index contributed by atoms with van der Waals surface area (Å²) in [4.78, 5) is 68.5. The van der Waals surface area contributed by atoms with E-state index in [9.17, 15) is 24.0 Å². The maximum Gasteiger partial charge on any atom is 0.408 e. The zero-order valence-electron chi connectivity index (χ0n) is 30.5. The number of thiazole rings is 1. The van der Waals surface area contributed by atoms with Gasteiger partial charge in [-0.25, -0.2) is 9.78 Å². The van der Waals surface area contributed by atoms with Crippen LogP contribution in [0, 0.1) is 17.8 Å². The first-order valence-electron chi connectivity index (χ1n) is 16.8. The van der Waals surface area contributed by atoms with Crippen LogP contribution in [0.2, 0.25) is 0 Å². The topological polar surface area (TPSA) is 162 Å². The number of alkyl carbamates (subject to hydrolysis) is 1. The number of carbonyl (C=O) groups is 5. The summed E-state index contributed by atoms with van der Waals surface area (Å²) in [5.41, 5.74) is 0.410. The molecule has 0 spiro atoms. The second-order valence-corrected chi connectivity index (χ2v) is 14.7. The van der Waals surface area contributed by atoms with Crippen LogP contribution < -0.4 is 16.0 Å². The average molecular weight is 703 g/mol. The number of rotatable bonds is 17. The summed E-state index contributed by atoms with van der Waals surface area (Å²) >= 11 is 1.17. The van der Waals surface area contributed by atoms with Gasteiger partial charge >= 0.3 is 18.0 Å². The van der Waals surface area contributed by atoms with Gasteiger partial charge in [0.05, 0.1) is 13.0 Å². The van der Waals surface area contributed by atoms with Crippen LogP contribution in [0.4, 0.5) is 4.79 Å². The van der Waals surface area contributed by atoms with Crippen molar-refractivity contribution in [1.29, 1.82) is 0 Å². The highest BCUT2D eigenvalue weighted by Gasteiger charge is 2.33. The van der Waals surface area contributed by atoms with E-state index in [0.717, 1.165) is 5.56 Å². The number of benzene rings is 1. The Morgan fingerprint density at radius 2 is 1.59 bits per heavy atom. The number of methoxy groups -OCH3 is 1. The Kier molecular flexibility index (Phi) is 16.2. The Labute approximate surface area is 294 Å². The van der Waals surface area contributed by atoms with E-state index in [1.54, 1.807) is 33.1 Å². The molecule has 13 heteroatoms. The van der Waals surface area contributed by atoms with Gasteiger partial charge in [-0.2, -0.15) is 0 Å². The molecule has 0 unspecified atom stereocenters. The van der Waals surface area contributed by atoms with E-state index in [1.165, 1.54) is 25.4 Å². The number of hydrogen-bond donors (Lipinski definition) is 3. The van der Waals surface area contributed by atoms with Crippen LogP contribution >= 0.6 is 11.3 Å².